The molecule has 2 aliphatic rings. The van der Waals surface area contributed by atoms with Gasteiger partial charge in [0.2, 0.25) is 5.91 Å². The first kappa shape index (κ1) is 22.7. The number of ether oxygens (including phenoxy) is 1. The van der Waals surface area contributed by atoms with E-state index in [1.54, 1.807) is 29.0 Å². The lowest BCUT2D eigenvalue weighted by Crippen LogP contribution is -2.73. The van der Waals surface area contributed by atoms with Gasteiger partial charge in [-0.05, 0) is 48.0 Å². The van der Waals surface area contributed by atoms with Gasteiger partial charge in [0, 0.05) is 29.2 Å². The molecule has 0 aliphatic carbocycles. The van der Waals surface area contributed by atoms with Crippen LogP contribution in [0.15, 0.2) is 78.9 Å². The molecule has 3 aromatic rings. The predicted molar refractivity (Wildman–Crippen MR) is 132 cm³/mol. The number of aliphatic hydroxyl groups excluding tert-OH is 1. The van der Waals surface area contributed by atoms with Gasteiger partial charge >= 0.3 is 0 Å². The molecule has 0 bridgehead atoms. The summed E-state index contributed by atoms with van der Waals surface area (Å²) in [5, 5.41) is 10.0. The Kier molecular flexibility index (Phi) is 6.26. The summed E-state index contributed by atoms with van der Waals surface area (Å²) < 4.78 is 5.25. The van der Waals surface area contributed by atoms with Crippen LogP contribution in [0.2, 0.25) is 0 Å². The molecule has 6 heteroatoms. The molecule has 2 aliphatic heterocycles. The smallest absolute Gasteiger partial charge is 0.254 e. The first-order chi connectivity index (χ1) is 17.1. The second-order valence-corrected chi connectivity index (χ2v) is 8.80. The van der Waals surface area contributed by atoms with E-state index in [9.17, 15) is 14.7 Å². The van der Waals surface area contributed by atoms with Crippen molar-refractivity contribution in [2.24, 2.45) is 0 Å². The molecule has 2 fully saturated rings. The van der Waals surface area contributed by atoms with Crippen molar-refractivity contribution in [3.63, 3.8) is 0 Å². The molecule has 0 radical (unpaired) electrons. The minimum Gasteiger partial charge on any atom is -0.497 e. The molecular formula is C29H26N2O4. The first-order valence-electron chi connectivity index (χ1n) is 11.6. The van der Waals surface area contributed by atoms with Crippen LogP contribution in [0.4, 0.5) is 0 Å². The highest BCUT2D eigenvalue weighted by Gasteiger charge is 2.54. The van der Waals surface area contributed by atoms with E-state index < -0.39 is 0 Å². The Labute approximate surface area is 204 Å². The summed E-state index contributed by atoms with van der Waals surface area (Å²) in [6.45, 7) is 0.362. The van der Waals surface area contributed by atoms with E-state index in [4.69, 9.17) is 4.74 Å². The van der Waals surface area contributed by atoms with Gasteiger partial charge in [0.15, 0.2) is 0 Å². The van der Waals surface area contributed by atoms with Gasteiger partial charge in [-0.2, -0.15) is 0 Å². The van der Waals surface area contributed by atoms with Crippen molar-refractivity contribution in [1.29, 1.82) is 0 Å². The van der Waals surface area contributed by atoms with E-state index in [2.05, 4.69) is 11.8 Å². The van der Waals surface area contributed by atoms with Crippen molar-refractivity contribution < 1.29 is 19.4 Å². The van der Waals surface area contributed by atoms with Crippen LogP contribution < -0.4 is 4.74 Å². The van der Waals surface area contributed by atoms with Crippen molar-refractivity contribution in [2.45, 2.75) is 18.0 Å². The van der Waals surface area contributed by atoms with Crippen LogP contribution in [0.5, 0.6) is 5.75 Å². The molecule has 0 saturated carbocycles. The van der Waals surface area contributed by atoms with Gasteiger partial charge in [0.1, 0.15) is 12.3 Å². The zero-order chi connectivity index (χ0) is 24.4. The van der Waals surface area contributed by atoms with Crippen LogP contribution in [0.25, 0.3) is 0 Å². The zero-order valence-electron chi connectivity index (χ0n) is 19.4. The number of hydrogen-bond acceptors (Lipinski definition) is 4. The van der Waals surface area contributed by atoms with E-state index in [1.165, 1.54) is 0 Å². The fourth-order valence-electron chi connectivity index (χ4n) is 5.05. The normalized spacial score (nSPS) is 20.9. The minimum atomic E-state index is -0.282. The van der Waals surface area contributed by atoms with Gasteiger partial charge in [-0.3, -0.25) is 9.59 Å². The van der Waals surface area contributed by atoms with Crippen LogP contribution in [-0.2, 0) is 4.79 Å². The minimum absolute atomic E-state index is 0.0340. The lowest BCUT2D eigenvalue weighted by molar-refractivity contribution is -0.159. The molecule has 176 valence electrons. The number of fused-ring (bicyclic) bond motifs is 1. The molecule has 0 aromatic heterocycles. The summed E-state index contributed by atoms with van der Waals surface area (Å²) in [5.41, 5.74) is 3.34. The molecule has 3 atom stereocenters. The largest absolute Gasteiger partial charge is 0.497 e. The Morgan fingerprint density at radius 3 is 2.46 bits per heavy atom. The fourth-order valence-corrected chi connectivity index (χ4v) is 5.05. The summed E-state index contributed by atoms with van der Waals surface area (Å²) in [7, 11) is 1.63. The maximum absolute atomic E-state index is 13.0. The second kappa shape index (κ2) is 9.65. The average molecular weight is 467 g/mol. The van der Waals surface area contributed by atoms with Gasteiger partial charge in [-0.25, -0.2) is 0 Å². The van der Waals surface area contributed by atoms with Crippen LogP contribution in [0.3, 0.4) is 0 Å². The van der Waals surface area contributed by atoms with E-state index in [0.29, 0.717) is 12.1 Å². The predicted octanol–water partition coefficient (Wildman–Crippen LogP) is 2.91. The van der Waals surface area contributed by atoms with Crippen LogP contribution in [-0.4, -0.2) is 65.6 Å². The monoisotopic (exact) mass is 466 g/mol. The molecular weight excluding hydrogens is 440 g/mol. The summed E-state index contributed by atoms with van der Waals surface area (Å²) in [6.07, 6.45) is 0. The van der Waals surface area contributed by atoms with Crippen LogP contribution >= 0.6 is 0 Å². The Morgan fingerprint density at radius 2 is 1.74 bits per heavy atom. The Hall–Kier alpha value is -4.08. The van der Waals surface area contributed by atoms with Crippen molar-refractivity contribution in [1.82, 2.24) is 9.80 Å². The number of carbonyl (C=O) groups excluding carboxylic acids is 2. The number of piperazine rings is 1. The molecule has 0 unspecified atom stereocenters. The number of rotatable bonds is 4. The quantitative estimate of drug-likeness (QED) is 0.601. The number of hydrogen-bond donors (Lipinski definition) is 1. The number of methoxy groups -OCH3 is 1. The van der Waals surface area contributed by atoms with Gasteiger partial charge in [0.05, 0.1) is 25.8 Å². The summed E-state index contributed by atoms with van der Waals surface area (Å²) in [5.74, 6) is 6.77. The van der Waals surface area contributed by atoms with Crippen LogP contribution in [0.1, 0.15) is 33.0 Å². The van der Waals surface area contributed by atoms with Crippen molar-refractivity contribution in [3.05, 3.63) is 101 Å². The molecule has 2 saturated heterocycles. The highest BCUT2D eigenvalue weighted by Crippen LogP contribution is 2.43. The molecule has 35 heavy (non-hydrogen) atoms. The van der Waals surface area contributed by atoms with E-state index in [1.807, 2.05) is 66.7 Å². The molecule has 6 nitrogen and oxygen atoms in total. The van der Waals surface area contributed by atoms with Crippen molar-refractivity contribution >= 4 is 11.8 Å². The average Bonchev–Trinajstić information content (AvgIpc) is 2.89. The Morgan fingerprint density at radius 1 is 1.00 bits per heavy atom. The van der Waals surface area contributed by atoms with Gasteiger partial charge < -0.3 is 19.6 Å². The van der Waals surface area contributed by atoms with Gasteiger partial charge in [0.25, 0.3) is 5.91 Å². The van der Waals surface area contributed by atoms with Crippen molar-refractivity contribution in [3.8, 4) is 17.6 Å². The van der Waals surface area contributed by atoms with E-state index in [0.717, 1.165) is 22.4 Å². The van der Waals surface area contributed by atoms with E-state index >= 15 is 0 Å². The summed E-state index contributed by atoms with van der Waals surface area (Å²) >= 11 is 0. The summed E-state index contributed by atoms with van der Waals surface area (Å²) in [4.78, 5) is 29.2. The highest BCUT2D eigenvalue weighted by atomic mass is 16.5. The second-order valence-electron chi connectivity index (χ2n) is 8.80. The summed E-state index contributed by atoms with van der Waals surface area (Å²) in [6, 6.07) is 24.1. The number of carbonyl (C=O) groups is 2. The number of aliphatic hydroxyl groups is 1. The SMILES string of the molecule is COc1cccc(C#Cc2ccc([C@@H]3[C@@H](CO)N4C(=O)CN(C(=O)c5ccccc5)C[C@H]34)cc2)c1. The Bertz CT molecular complexity index is 1290. The molecule has 5 rings (SSSR count). The Balaban J connectivity index is 1.34. The molecule has 2 amide bonds. The third-order valence-corrected chi connectivity index (χ3v) is 6.78. The maximum Gasteiger partial charge on any atom is 0.254 e. The van der Waals surface area contributed by atoms with Gasteiger partial charge in [-0.15, -0.1) is 0 Å². The number of amides is 2. The number of nitrogens with zero attached hydrogens (tertiary/aromatic N) is 2. The molecule has 3 aromatic carbocycles. The third-order valence-electron chi connectivity index (χ3n) is 6.78. The molecule has 2 heterocycles. The van der Waals surface area contributed by atoms with Gasteiger partial charge in [-0.1, -0.05) is 48.2 Å². The van der Waals surface area contributed by atoms with Crippen LogP contribution in [0, 0.1) is 11.8 Å². The fraction of sp³-hybridized carbons (Fsp3) is 0.241. The third kappa shape index (κ3) is 4.39. The van der Waals surface area contributed by atoms with Crippen molar-refractivity contribution in [2.75, 3.05) is 26.8 Å². The maximum atomic E-state index is 13.0. The highest BCUT2D eigenvalue weighted by molar-refractivity contribution is 5.97. The first-order valence-corrected chi connectivity index (χ1v) is 11.6. The topological polar surface area (TPSA) is 70.1 Å². The van der Waals surface area contributed by atoms with E-state index in [-0.39, 0.29) is 43.0 Å². The number of benzene rings is 3. The standard InChI is InChI=1S/C29H26N2O4/c1-35-24-9-5-6-21(16-24)11-10-20-12-14-22(15-13-20)28-25-17-30(18-27(33)31(25)26(28)19-32)29(34)23-7-3-2-4-8-23/h2-9,12-16,25-26,28,32H,17-19H2,1H3/t25-,26-,28+/m1/s1. The zero-order valence-corrected chi connectivity index (χ0v) is 19.4. The lowest BCUT2D eigenvalue weighted by atomic mass is 9.73. The molecule has 1 N–H and O–H groups in total. The molecule has 0 spiro atoms. The lowest BCUT2D eigenvalue weighted by Gasteiger charge is -2.58.